The van der Waals surface area contributed by atoms with Crippen molar-refractivity contribution >= 4 is 16.8 Å². The monoisotopic (exact) mass is 334 g/mol. The highest BCUT2D eigenvalue weighted by Crippen LogP contribution is 2.35. The lowest BCUT2D eigenvalue weighted by Gasteiger charge is -2.25. The smallest absolute Gasteiger partial charge is 0.251 e. The van der Waals surface area contributed by atoms with Gasteiger partial charge in [-0.25, -0.2) is 0 Å². The molecule has 0 spiro atoms. The number of amides is 1. The van der Waals surface area contributed by atoms with Crippen molar-refractivity contribution in [2.24, 2.45) is 5.92 Å². The first-order valence-electron chi connectivity index (χ1n) is 8.68. The minimum atomic E-state index is -0.0176. The number of hydrogen-bond donors (Lipinski definition) is 2. The molecule has 4 rings (SSSR count). The van der Waals surface area contributed by atoms with E-state index in [2.05, 4.69) is 33.3 Å². The van der Waals surface area contributed by atoms with Crippen LogP contribution < -0.4 is 5.32 Å². The number of likely N-dealkylation sites (tertiary alicyclic amines) is 1. The second-order valence-electron chi connectivity index (χ2n) is 6.75. The zero-order valence-electron chi connectivity index (χ0n) is 14.3. The van der Waals surface area contributed by atoms with Gasteiger partial charge in [0.15, 0.2) is 0 Å². The fourth-order valence-electron chi connectivity index (χ4n) is 3.83. The number of carbonyl (C=O) groups is 1. The quantitative estimate of drug-likeness (QED) is 0.771. The Morgan fingerprint density at radius 2 is 2.28 bits per heavy atom. The maximum Gasteiger partial charge on any atom is 0.251 e. The average molecular weight is 334 g/mol. The maximum absolute atomic E-state index is 12.5. The molecular formula is C20H22N4O. The molecule has 2 atom stereocenters. The molecule has 0 aliphatic carbocycles. The van der Waals surface area contributed by atoms with Gasteiger partial charge in [-0.3, -0.25) is 14.7 Å². The van der Waals surface area contributed by atoms with Crippen molar-refractivity contribution in [3.05, 3.63) is 66.1 Å². The Hall–Kier alpha value is -2.66. The van der Waals surface area contributed by atoms with Crippen molar-refractivity contribution < 1.29 is 4.79 Å². The van der Waals surface area contributed by atoms with E-state index in [1.165, 1.54) is 5.56 Å². The summed E-state index contributed by atoms with van der Waals surface area (Å²) in [5, 5.41) is 4.23. The number of benzene rings is 1. The molecule has 0 saturated carbocycles. The van der Waals surface area contributed by atoms with Crippen LogP contribution in [0, 0.1) is 5.92 Å². The largest absolute Gasteiger partial charge is 0.361 e. The lowest BCUT2D eigenvalue weighted by molar-refractivity contribution is 0.0943. The highest BCUT2D eigenvalue weighted by Gasteiger charge is 2.33. The summed E-state index contributed by atoms with van der Waals surface area (Å²) < 4.78 is 0. The molecule has 1 amide bonds. The van der Waals surface area contributed by atoms with Gasteiger partial charge in [-0.1, -0.05) is 12.1 Å². The number of fused-ring (bicyclic) bond motifs is 1. The summed E-state index contributed by atoms with van der Waals surface area (Å²) >= 11 is 0. The van der Waals surface area contributed by atoms with E-state index in [1.807, 2.05) is 42.7 Å². The van der Waals surface area contributed by atoms with Crippen LogP contribution in [0.4, 0.5) is 0 Å². The zero-order chi connectivity index (χ0) is 17.2. The van der Waals surface area contributed by atoms with E-state index in [-0.39, 0.29) is 5.91 Å². The van der Waals surface area contributed by atoms with Crippen LogP contribution >= 0.6 is 0 Å². The molecule has 1 fully saturated rings. The Balaban J connectivity index is 1.45. The SMILES string of the molecule is CN1CC[C@@H](CNC(=O)c2ccc3cc[nH]c3c2)[C@@H]1c1cccnc1. The van der Waals surface area contributed by atoms with Gasteiger partial charge in [0.05, 0.1) is 0 Å². The number of aromatic nitrogens is 2. The van der Waals surface area contributed by atoms with E-state index >= 15 is 0 Å². The molecular weight excluding hydrogens is 312 g/mol. The van der Waals surface area contributed by atoms with Crippen molar-refractivity contribution in [2.45, 2.75) is 12.5 Å². The minimum Gasteiger partial charge on any atom is -0.361 e. The number of pyridine rings is 1. The van der Waals surface area contributed by atoms with Crippen LogP contribution in [0.15, 0.2) is 55.0 Å². The fraction of sp³-hybridized carbons (Fsp3) is 0.300. The Morgan fingerprint density at radius 3 is 3.12 bits per heavy atom. The van der Waals surface area contributed by atoms with Crippen molar-refractivity contribution in [1.82, 2.24) is 20.2 Å². The van der Waals surface area contributed by atoms with Gasteiger partial charge in [0.1, 0.15) is 0 Å². The molecule has 2 aromatic heterocycles. The van der Waals surface area contributed by atoms with E-state index < -0.39 is 0 Å². The van der Waals surface area contributed by atoms with E-state index in [0.29, 0.717) is 24.1 Å². The minimum absolute atomic E-state index is 0.0176. The highest BCUT2D eigenvalue weighted by molar-refractivity contribution is 5.97. The average Bonchev–Trinajstić information content (AvgIpc) is 3.26. The Bertz CT molecular complexity index is 874. The number of nitrogens with zero attached hydrogens (tertiary/aromatic N) is 2. The molecule has 1 aliphatic heterocycles. The molecule has 0 bridgehead atoms. The molecule has 1 aliphatic rings. The van der Waals surface area contributed by atoms with Gasteiger partial charge in [-0.05, 0) is 61.1 Å². The number of aromatic amines is 1. The molecule has 2 N–H and O–H groups in total. The van der Waals surface area contributed by atoms with Crippen LogP contribution in [0.1, 0.15) is 28.4 Å². The Labute approximate surface area is 147 Å². The molecule has 5 heteroatoms. The number of hydrogen-bond acceptors (Lipinski definition) is 3. The van der Waals surface area contributed by atoms with Gasteiger partial charge in [0.2, 0.25) is 0 Å². The van der Waals surface area contributed by atoms with Crippen LogP contribution in [0.25, 0.3) is 10.9 Å². The fourth-order valence-corrected chi connectivity index (χ4v) is 3.83. The van der Waals surface area contributed by atoms with Gasteiger partial charge in [-0.15, -0.1) is 0 Å². The number of rotatable bonds is 4. The molecule has 0 radical (unpaired) electrons. The normalized spacial score (nSPS) is 20.8. The number of nitrogens with one attached hydrogen (secondary N) is 2. The van der Waals surface area contributed by atoms with Crippen molar-refractivity contribution in [2.75, 3.05) is 20.1 Å². The predicted molar refractivity (Wildman–Crippen MR) is 98.3 cm³/mol. The van der Waals surface area contributed by atoms with Crippen LogP contribution in [0.2, 0.25) is 0 Å². The molecule has 128 valence electrons. The summed E-state index contributed by atoms with van der Waals surface area (Å²) in [5.41, 5.74) is 2.90. The van der Waals surface area contributed by atoms with Gasteiger partial charge < -0.3 is 10.3 Å². The van der Waals surface area contributed by atoms with Crippen LogP contribution in [0.5, 0.6) is 0 Å². The summed E-state index contributed by atoms with van der Waals surface area (Å²) in [7, 11) is 2.14. The zero-order valence-corrected chi connectivity index (χ0v) is 14.3. The van der Waals surface area contributed by atoms with E-state index in [9.17, 15) is 4.79 Å². The summed E-state index contributed by atoms with van der Waals surface area (Å²) in [4.78, 5) is 22.3. The molecule has 3 heterocycles. The molecule has 5 nitrogen and oxygen atoms in total. The summed E-state index contributed by atoms with van der Waals surface area (Å²) in [6.45, 7) is 1.71. The lowest BCUT2D eigenvalue weighted by atomic mass is 9.94. The third-order valence-corrected chi connectivity index (χ3v) is 5.14. The van der Waals surface area contributed by atoms with Crippen molar-refractivity contribution in [1.29, 1.82) is 0 Å². The van der Waals surface area contributed by atoms with E-state index in [1.54, 1.807) is 6.20 Å². The molecule has 1 saturated heterocycles. The van der Waals surface area contributed by atoms with Crippen molar-refractivity contribution in [3.63, 3.8) is 0 Å². The lowest BCUT2D eigenvalue weighted by Crippen LogP contribution is -2.32. The summed E-state index contributed by atoms with van der Waals surface area (Å²) in [5.74, 6) is 0.378. The third-order valence-electron chi connectivity index (χ3n) is 5.14. The predicted octanol–water partition coefficient (Wildman–Crippen LogP) is 2.99. The second-order valence-corrected chi connectivity index (χ2v) is 6.75. The van der Waals surface area contributed by atoms with Gasteiger partial charge >= 0.3 is 0 Å². The summed E-state index contributed by atoms with van der Waals surface area (Å²) in [6.07, 6.45) is 6.69. The topological polar surface area (TPSA) is 61.0 Å². The van der Waals surface area contributed by atoms with Crippen LogP contribution in [-0.2, 0) is 0 Å². The van der Waals surface area contributed by atoms with Crippen molar-refractivity contribution in [3.8, 4) is 0 Å². The van der Waals surface area contributed by atoms with E-state index in [0.717, 1.165) is 23.9 Å². The summed E-state index contributed by atoms with van der Waals surface area (Å²) in [6, 6.07) is 12.2. The highest BCUT2D eigenvalue weighted by atomic mass is 16.1. The van der Waals surface area contributed by atoms with Gasteiger partial charge in [0, 0.05) is 42.3 Å². The van der Waals surface area contributed by atoms with E-state index in [4.69, 9.17) is 0 Å². The number of carbonyl (C=O) groups excluding carboxylic acids is 1. The van der Waals surface area contributed by atoms with Gasteiger partial charge in [0.25, 0.3) is 5.91 Å². The standard InChI is InChI=1S/C20H22N4O/c1-24-10-7-17(19(24)16-3-2-8-21-12-16)13-23-20(25)15-5-4-14-6-9-22-18(14)11-15/h2-6,8-9,11-12,17,19,22H,7,10,13H2,1H3,(H,23,25)/t17-,19-/m0/s1. The first kappa shape index (κ1) is 15.8. The maximum atomic E-state index is 12.5. The van der Waals surface area contributed by atoms with Crippen LogP contribution in [0.3, 0.4) is 0 Å². The first-order chi connectivity index (χ1) is 12.2. The second kappa shape index (κ2) is 6.69. The number of H-pyrrole nitrogens is 1. The third kappa shape index (κ3) is 3.15. The molecule has 1 aromatic carbocycles. The molecule has 0 unspecified atom stereocenters. The molecule has 25 heavy (non-hydrogen) atoms. The molecule has 3 aromatic rings. The first-order valence-corrected chi connectivity index (χ1v) is 8.68. The Morgan fingerprint density at radius 1 is 1.36 bits per heavy atom. The van der Waals surface area contributed by atoms with Crippen LogP contribution in [-0.4, -0.2) is 40.9 Å². The Kier molecular flexibility index (Phi) is 4.24. The van der Waals surface area contributed by atoms with Gasteiger partial charge in [-0.2, -0.15) is 0 Å².